The number of nitrogens with two attached hydrogens (primary N) is 1. The smallest absolute Gasteiger partial charge is 0.104 e. The van der Waals surface area contributed by atoms with Gasteiger partial charge in [0, 0.05) is 18.7 Å². The third-order valence-corrected chi connectivity index (χ3v) is 4.20. The summed E-state index contributed by atoms with van der Waals surface area (Å²) >= 11 is 11.3. The van der Waals surface area contributed by atoms with Crippen LogP contribution in [-0.2, 0) is 0 Å². The van der Waals surface area contributed by atoms with Crippen molar-refractivity contribution in [2.24, 2.45) is 11.7 Å². The summed E-state index contributed by atoms with van der Waals surface area (Å²) in [6, 6.07) is 5.84. The van der Waals surface area contributed by atoms with Crippen LogP contribution in [0, 0.1) is 5.92 Å². The summed E-state index contributed by atoms with van der Waals surface area (Å²) in [6.07, 6.45) is 4.06. The van der Waals surface area contributed by atoms with Crippen LogP contribution in [-0.4, -0.2) is 18.1 Å². The molecule has 0 bridgehead atoms. The van der Waals surface area contributed by atoms with Gasteiger partial charge in [0.15, 0.2) is 0 Å². The molecule has 0 heterocycles. The normalized spacial score (nSPS) is 15.2. The molecule has 4 heteroatoms. The van der Waals surface area contributed by atoms with Gasteiger partial charge in [-0.3, -0.25) is 0 Å². The third-order valence-electron chi connectivity index (χ3n) is 3.66. The Balaban J connectivity index is 2.16. The van der Waals surface area contributed by atoms with Gasteiger partial charge in [-0.1, -0.05) is 30.2 Å². The quantitative estimate of drug-likeness (QED) is 0.837. The molecular weight excluding hydrogens is 264 g/mol. The average Bonchev–Trinajstić information content (AvgIpc) is 2.29. The zero-order valence-corrected chi connectivity index (χ0v) is 12.2. The molecule has 1 aromatic carbocycles. The molecule has 1 fully saturated rings. The lowest BCUT2D eigenvalue weighted by atomic mass is 9.85. The molecule has 1 saturated carbocycles. The minimum Gasteiger partial charge on any atom is -0.389 e. The van der Waals surface area contributed by atoms with Gasteiger partial charge in [0.1, 0.15) is 4.99 Å². The highest BCUT2D eigenvalue weighted by molar-refractivity contribution is 7.80. The van der Waals surface area contributed by atoms with E-state index in [1.807, 2.05) is 18.2 Å². The second kappa shape index (κ2) is 5.89. The van der Waals surface area contributed by atoms with Crippen molar-refractivity contribution in [2.45, 2.75) is 26.2 Å². The molecule has 0 aliphatic heterocycles. The number of nitrogens with zero attached hydrogens (tertiary/aromatic N) is 1. The highest BCUT2D eigenvalue weighted by Crippen LogP contribution is 2.32. The van der Waals surface area contributed by atoms with Crippen molar-refractivity contribution < 1.29 is 0 Å². The fourth-order valence-electron chi connectivity index (χ4n) is 2.30. The molecule has 2 N–H and O–H groups in total. The molecule has 0 amide bonds. The molecule has 0 spiro atoms. The Morgan fingerprint density at radius 3 is 2.67 bits per heavy atom. The average molecular weight is 283 g/mol. The van der Waals surface area contributed by atoms with E-state index in [9.17, 15) is 0 Å². The van der Waals surface area contributed by atoms with Crippen LogP contribution in [0.5, 0.6) is 0 Å². The number of rotatable bonds is 5. The predicted molar refractivity (Wildman–Crippen MR) is 82.6 cm³/mol. The van der Waals surface area contributed by atoms with Gasteiger partial charge in [0.25, 0.3) is 0 Å². The van der Waals surface area contributed by atoms with Crippen LogP contribution in [0.4, 0.5) is 5.69 Å². The van der Waals surface area contributed by atoms with Crippen LogP contribution < -0.4 is 10.6 Å². The van der Waals surface area contributed by atoms with Gasteiger partial charge in [-0.2, -0.15) is 0 Å². The van der Waals surface area contributed by atoms with Crippen LogP contribution in [0.3, 0.4) is 0 Å². The van der Waals surface area contributed by atoms with E-state index in [0.717, 1.165) is 35.3 Å². The lowest BCUT2D eigenvalue weighted by Gasteiger charge is -2.33. The van der Waals surface area contributed by atoms with E-state index < -0.39 is 0 Å². The third kappa shape index (κ3) is 2.96. The van der Waals surface area contributed by atoms with Crippen molar-refractivity contribution >= 4 is 34.5 Å². The van der Waals surface area contributed by atoms with Crippen molar-refractivity contribution in [3.63, 3.8) is 0 Å². The SMILES string of the molecule is CCN(CC1CCC1)c1ccc(C(N)=S)cc1Cl. The van der Waals surface area contributed by atoms with Crippen LogP contribution in [0.1, 0.15) is 31.7 Å². The summed E-state index contributed by atoms with van der Waals surface area (Å²) in [5.74, 6) is 0.830. The van der Waals surface area contributed by atoms with Crippen LogP contribution in [0.2, 0.25) is 5.02 Å². The first-order valence-electron chi connectivity index (χ1n) is 6.46. The second-order valence-electron chi connectivity index (χ2n) is 4.87. The number of thiocarbonyl (C=S) groups is 1. The lowest BCUT2D eigenvalue weighted by molar-refractivity contribution is 0.318. The maximum absolute atomic E-state index is 6.33. The molecule has 98 valence electrons. The minimum absolute atomic E-state index is 0.394. The molecule has 1 aliphatic carbocycles. The number of anilines is 1. The van der Waals surface area contributed by atoms with E-state index in [1.165, 1.54) is 19.3 Å². The Kier molecular flexibility index (Phi) is 4.46. The predicted octanol–water partition coefficient (Wildman–Crippen LogP) is 3.60. The van der Waals surface area contributed by atoms with Gasteiger partial charge in [0.05, 0.1) is 10.7 Å². The highest BCUT2D eigenvalue weighted by atomic mass is 35.5. The molecule has 2 rings (SSSR count). The van der Waals surface area contributed by atoms with Gasteiger partial charge in [0.2, 0.25) is 0 Å². The monoisotopic (exact) mass is 282 g/mol. The Labute approximate surface area is 119 Å². The molecule has 1 aliphatic rings. The number of halogens is 1. The van der Waals surface area contributed by atoms with Crippen LogP contribution in [0.25, 0.3) is 0 Å². The molecule has 0 atom stereocenters. The van der Waals surface area contributed by atoms with E-state index in [1.54, 1.807) is 0 Å². The van der Waals surface area contributed by atoms with E-state index >= 15 is 0 Å². The first-order chi connectivity index (χ1) is 8.61. The lowest BCUT2D eigenvalue weighted by Crippen LogP contribution is -2.32. The maximum atomic E-state index is 6.33. The molecule has 0 aromatic heterocycles. The first-order valence-corrected chi connectivity index (χ1v) is 7.24. The zero-order chi connectivity index (χ0) is 13.1. The molecule has 18 heavy (non-hydrogen) atoms. The summed E-state index contributed by atoms with van der Waals surface area (Å²) in [7, 11) is 0. The van der Waals surface area contributed by atoms with Crippen LogP contribution in [0.15, 0.2) is 18.2 Å². The number of hydrogen-bond acceptors (Lipinski definition) is 2. The summed E-state index contributed by atoms with van der Waals surface area (Å²) in [6.45, 7) is 4.24. The minimum atomic E-state index is 0.394. The van der Waals surface area contributed by atoms with Gasteiger partial charge in [-0.15, -0.1) is 0 Å². The van der Waals surface area contributed by atoms with E-state index in [4.69, 9.17) is 29.6 Å². The Bertz CT molecular complexity index is 443. The van der Waals surface area contributed by atoms with Gasteiger partial charge in [-0.05, 0) is 43.9 Å². The van der Waals surface area contributed by atoms with Crippen LogP contribution >= 0.6 is 23.8 Å². The van der Waals surface area contributed by atoms with Gasteiger partial charge >= 0.3 is 0 Å². The molecule has 0 radical (unpaired) electrons. The van der Waals surface area contributed by atoms with Crippen molar-refractivity contribution in [1.82, 2.24) is 0 Å². The van der Waals surface area contributed by atoms with Crippen molar-refractivity contribution in [3.05, 3.63) is 28.8 Å². The van der Waals surface area contributed by atoms with E-state index in [0.29, 0.717) is 4.99 Å². The topological polar surface area (TPSA) is 29.3 Å². The number of benzene rings is 1. The van der Waals surface area contributed by atoms with Crippen molar-refractivity contribution in [1.29, 1.82) is 0 Å². The summed E-state index contributed by atoms with van der Waals surface area (Å²) in [5.41, 5.74) is 7.53. The standard InChI is InChI=1S/C14H19ClN2S/c1-2-17(9-10-4-3-5-10)13-7-6-11(14(16)18)8-12(13)15/h6-8,10H,2-5,9H2,1H3,(H2,16,18). The first kappa shape index (κ1) is 13.6. The molecule has 1 aromatic rings. The Morgan fingerprint density at radius 2 is 2.22 bits per heavy atom. The molecule has 0 saturated heterocycles. The van der Waals surface area contributed by atoms with E-state index in [2.05, 4.69) is 11.8 Å². The van der Waals surface area contributed by atoms with Gasteiger partial charge < -0.3 is 10.6 Å². The fraction of sp³-hybridized carbons (Fsp3) is 0.500. The van der Waals surface area contributed by atoms with Crippen molar-refractivity contribution in [3.8, 4) is 0 Å². The second-order valence-corrected chi connectivity index (χ2v) is 5.71. The summed E-state index contributed by atoms with van der Waals surface area (Å²) in [5, 5.41) is 0.737. The maximum Gasteiger partial charge on any atom is 0.104 e. The Morgan fingerprint density at radius 1 is 1.50 bits per heavy atom. The molecule has 0 unspecified atom stereocenters. The fourth-order valence-corrected chi connectivity index (χ4v) is 2.73. The Hall–Kier alpha value is -0.800. The largest absolute Gasteiger partial charge is 0.389 e. The summed E-state index contributed by atoms with van der Waals surface area (Å²) in [4.78, 5) is 2.74. The molecule has 2 nitrogen and oxygen atoms in total. The highest BCUT2D eigenvalue weighted by Gasteiger charge is 2.21. The zero-order valence-electron chi connectivity index (χ0n) is 10.7. The van der Waals surface area contributed by atoms with Crippen molar-refractivity contribution in [2.75, 3.05) is 18.0 Å². The summed E-state index contributed by atoms with van der Waals surface area (Å²) < 4.78 is 0. The van der Waals surface area contributed by atoms with Gasteiger partial charge in [-0.25, -0.2) is 0 Å². The molecular formula is C14H19ClN2S. The number of hydrogen-bond donors (Lipinski definition) is 1. The van der Waals surface area contributed by atoms with E-state index in [-0.39, 0.29) is 0 Å².